The number of rotatable bonds is 6. The highest BCUT2D eigenvalue weighted by Crippen LogP contribution is 2.20. The summed E-state index contributed by atoms with van der Waals surface area (Å²) in [6.45, 7) is 2.98. The standard InChI is InChI=1S/C14H19N3OS/c1-3-9-17-12-7-5-4-6-11(12)15-14(17)16-13(18)8-10-19-2/h4-7H,3,8-10H2,1-2H3,(H,15,16,18). The zero-order chi connectivity index (χ0) is 13.7. The molecular weight excluding hydrogens is 258 g/mol. The first-order chi connectivity index (χ1) is 9.26. The van der Waals surface area contributed by atoms with E-state index in [-0.39, 0.29) is 5.91 Å². The number of para-hydroxylation sites is 2. The number of carbonyl (C=O) groups excluding carboxylic acids is 1. The molecule has 0 fully saturated rings. The maximum Gasteiger partial charge on any atom is 0.227 e. The fourth-order valence-electron chi connectivity index (χ4n) is 2.00. The van der Waals surface area contributed by atoms with Gasteiger partial charge in [-0.1, -0.05) is 19.1 Å². The quantitative estimate of drug-likeness (QED) is 0.882. The van der Waals surface area contributed by atoms with Crippen LogP contribution in [0.15, 0.2) is 24.3 Å². The molecule has 0 spiro atoms. The summed E-state index contributed by atoms with van der Waals surface area (Å²) in [5.74, 6) is 1.52. The Kier molecular flexibility index (Phi) is 4.85. The van der Waals surface area contributed by atoms with Crippen LogP contribution in [0.3, 0.4) is 0 Å². The van der Waals surface area contributed by atoms with Crippen LogP contribution in [0, 0.1) is 0 Å². The minimum atomic E-state index is 0.0296. The Morgan fingerprint density at radius 1 is 1.42 bits per heavy atom. The van der Waals surface area contributed by atoms with Crippen molar-refractivity contribution in [2.75, 3.05) is 17.3 Å². The van der Waals surface area contributed by atoms with E-state index in [1.165, 1.54) is 0 Å². The molecule has 0 radical (unpaired) electrons. The van der Waals surface area contributed by atoms with Crippen LogP contribution in [0.5, 0.6) is 0 Å². The number of nitrogens with one attached hydrogen (secondary N) is 1. The second-order valence-corrected chi connectivity index (χ2v) is 5.35. The van der Waals surface area contributed by atoms with Crippen LogP contribution in [0.4, 0.5) is 5.95 Å². The van der Waals surface area contributed by atoms with Crippen molar-refractivity contribution in [3.8, 4) is 0 Å². The van der Waals surface area contributed by atoms with E-state index in [9.17, 15) is 4.79 Å². The van der Waals surface area contributed by atoms with Gasteiger partial charge < -0.3 is 4.57 Å². The smallest absolute Gasteiger partial charge is 0.227 e. The third kappa shape index (κ3) is 3.29. The first-order valence-corrected chi connectivity index (χ1v) is 7.89. The Morgan fingerprint density at radius 2 is 2.21 bits per heavy atom. The molecule has 0 saturated heterocycles. The highest BCUT2D eigenvalue weighted by atomic mass is 32.2. The van der Waals surface area contributed by atoms with Crippen molar-refractivity contribution in [2.45, 2.75) is 26.3 Å². The lowest BCUT2D eigenvalue weighted by atomic mass is 10.3. The van der Waals surface area contributed by atoms with E-state index in [0.717, 1.165) is 29.8 Å². The maximum atomic E-state index is 11.8. The lowest BCUT2D eigenvalue weighted by Crippen LogP contribution is -2.16. The van der Waals surface area contributed by atoms with Crippen LogP contribution < -0.4 is 5.32 Å². The summed E-state index contributed by atoms with van der Waals surface area (Å²) in [6.07, 6.45) is 3.53. The molecular formula is C14H19N3OS. The lowest BCUT2D eigenvalue weighted by Gasteiger charge is -2.08. The monoisotopic (exact) mass is 277 g/mol. The summed E-state index contributed by atoms with van der Waals surface area (Å²) < 4.78 is 2.08. The predicted octanol–water partition coefficient (Wildman–Crippen LogP) is 3.14. The predicted molar refractivity (Wildman–Crippen MR) is 81.7 cm³/mol. The topological polar surface area (TPSA) is 46.9 Å². The molecule has 0 aliphatic heterocycles. The van der Waals surface area contributed by atoms with E-state index in [1.807, 2.05) is 30.5 Å². The van der Waals surface area contributed by atoms with Crippen LogP contribution in [0.25, 0.3) is 11.0 Å². The van der Waals surface area contributed by atoms with E-state index in [1.54, 1.807) is 11.8 Å². The summed E-state index contributed by atoms with van der Waals surface area (Å²) in [7, 11) is 0. The molecule has 0 unspecified atom stereocenters. The largest absolute Gasteiger partial charge is 0.310 e. The number of hydrogen-bond donors (Lipinski definition) is 1. The summed E-state index contributed by atoms with van der Waals surface area (Å²) in [4.78, 5) is 16.3. The van der Waals surface area contributed by atoms with Crippen LogP contribution in [0.2, 0.25) is 0 Å². The third-order valence-electron chi connectivity index (χ3n) is 2.89. The Labute approximate surface area is 117 Å². The lowest BCUT2D eigenvalue weighted by molar-refractivity contribution is -0.115. The first kappa shape index (κ1) is 13.9. The Bertz CT molecular complexity index is 565. The SMILES string of the molecule is CCCn1c(NC(=O)CCSC)nc2ccccc21. The fourth-order valence-corrected chi connectivity index (χ4v) is 2.39. The molecule has 4 nitrogen and oxygen atoms in total. The van der Waals surface area contributed by atoms with E-state index in [0.29, 0.717) is 12.4 Å². The molecule has 5 heteroatoms. The molecule has 0 bridgehead atoms. The highest BCUT2D eigenvalue weighted by molar-refractivity contribution is 7.98. The van der Waals surface area contributed by atoms with Gasteiger partial charge in [-0.3, -0.25) is 10.1 Å². The van der Waals surface area contributed by atoms with Gasteiger partial charge in [0.05, 0.1) is 11.0 Å². The van der Waals surface area contributed by atoms with E-state index < -0.39 is 0 Å². The van der Waals surface area contributed by atoms with E-state index >= 15 is 0 Å². The number of amides is 1. The fraction of sp³-hybridized carbons (Fsp3) is 0.429. The van der Waals surface area contributed by atoms with Gasteiger partial charge in [0.1, 0.15) is 0 Å². The molecule has 1 aromatic carbocycles. The number of hydrogen-bond acceptors (Lipinski definition) is 3. The minimum absolute atomic E-state index is 0.0296. The van der Waals surface area contributed by atoms with Gasteiger partial charge in [0, 0.05) is 18.7 Å². The second kappa shape index (κ2) is 6.61. The van der Waals surface area contributed by atoms with Crippen molar-refractivity contribution >= 4 is 34.7 Å². The molecule has 1 amide bonds. The normalized spacial score (nSPS) is 10.8. The molecule has 102 valence electrons. The molecule has 1 N–H and O–H groups in total. The second-order valence-electron chi connectivity index (χ2n) is 4.37. The number of benzene rings is 1. The van der Waals surface area contributed by atoms with Crippen LogP contribution in [-0.4, -0.2) is 27.5 Å². The van der Waals surface area contributed by atoms with E-state index in [4.69, 9.17) is 0 Å². The van der Waals surface area contributed by atoms with Crippen LogP contribution in [-0.2, 0) is 11.3 Å². The number of imidazole rings is 1. The highest BCUT2D eigenvalue weighted by Gasteiger charge is 2.12. The molecule has 2 aromatic rings. The number of carbonyl (C=O) groups is 1. The molecule has 0 saturated carbocycles. The molecule has 0 aliphatic rings. The molecule has 2 rings (SSSR count). The van der Waals surface area contributed by atoms with Gasteiger partial charge in [0.25, 0.3) is 0 Å². The van der Waals surface area contributed by atoms with Crippen molar-refractivity contribution in [2.24, 2.45) is 0 Å². The van der Waals surface area contributed by atoms with Gasteiger partial charge in [-0.25, -0.2) is 4.98 Å². The zero-order valence-corrected chi connectivity index (χ0v) is 12.2. The maximum absolute atomic E-state index is 11.8. The number of aryl methyl sites for hydroxylation is 1. The third-order valence-corrected chi connectivity index (χ3v) is 3.50. The van der Waals surface area contributed by atoms with Gasteiger partial charge in [-0.05, 0) is 24.8 Å². The van der Waals surface area contributed by atoms with Crippen molar-refractivity contribution in [1.29, 1.82) is 0 Å². The van der Waals surface area contributed by atoms with Crippen molar-refractivity contribution in [3.05, 3.63) is 24.3 Å². The summed E-state index contributed by atoms with van der Waals surface area (Å²) in [5, 5.41) is 2.92. The van der Waals surface area contributed by atoms with Crippen LogP contribution >= 0.6 is 11.8 Å². The Hall–Kier alpha value is -1.49. The van der Waals surface area contributed by atoms with Gasteiger partial charge >= 0.3 is 0 Å². The first-order valence-electron chi connectivity index (χ1n) is 6.50. The molecule has 0 atom stereocenters. The zero-order valence-electron chi connectivity index (χ0n) is 11.3. The van der Waals surface area contributed by atoms with Gasteiger partial charge in [0.2, 0.25) is 11.9 Å². The number of aromatic nitrogens is 2. The average molecular weight is 277 g/mol. The minimum Gasteiger partial charge on any atom is -0.310 e. The average Bonchev–Trinajstić information content (AvgIpc) is 2.75. The molecule has 1 aromatic heterocycles. The van der Waals surface area contributed by atoms with Crippen molar-refractivity contribution in [1.82, 2.24) is 9.55 Å². The van der Waals surface area contributed by atoms with E-state index in [2.05, 4.69) is 21.8 Å². The summed E-state index contributed by atoms with van der Waals surface area (Å²) in [5.41, 5.74) is 2.00. The number of nitrogens with zero attached hydrogens (tertiary/aromatic N) is 2. The molecule has 19 heavy (non-hydrogen) atoms. The van der Waals surface area contributed by atoms with Crippen LogP contribution in [0.1, 0.15) is 19.8 Å². The Morgan fingerprint density at radius 3 is 2.95 bits per heavy atom. The van der Waals surface area contributed by atoms with Gasteiger partial charge in [-0.15, -0.1) is 0 Å². The molecule has 1 heterocycles. The summed E-state index contributed by atoms with van der Waals surface area (Å²) >= 11 is 1.67. The van der Waals surface area contributed by atoms with Crippen molar-refractivity contribution in [3.63, 3.8) is 0 Å². The van der Waals surface area contributed by atoms with Gasteiger partial charge in [0.15, 0.2) is 0 Å². The number of anilines is 1. The summed E-state index contributed by atoms with van der Waals surface area (Å²) in [6, 6.07) is 7.97. The number of fused-ring (bicyclic) bond motifs is 1. The van der Waals surface area contributed by atoms with Gasteiger partial charge in [-0.2, -0.15) is 11.8 Å². The Balaban J connectivity index is 2.26. The van der Waals surface area contributed by atoms with Crippen molar-refractivity contribution < 1.29 is 4.79 Å². The number of thioether (sulfide) groups is 1. The molecule has 0 aliphatic carbocycles.